The van der Waals surface area contributed by atoms with E-state index in [4.69, 9.17) is 21.6 Å². The first kappa shape index (κ1) is 12.4. The molecule has 0 heterocycles. The van der Waals surface area contributed by atoms with Gasteiger partial charge in [-0.25, -0.2) is 4.39 Å². The van der Waals surface area contributed by atoms with Crippen molar-refractivity contribution < 1.29 is 9.13 Å². The van der Waals surface area contributed by atoms with E-state index in [0.717, 1.165) is 0 Å². The Morgan fingerprint density at radius 3 is 2.61 bits per heavy atom. The highest BCUT2D eigenvalue weighted by Gasteiger charge is 2.05. The van der Waals surface area contributed by atoms with Crippen LogP contribution < -0.4 is 4.74 Å². The van der Waals surface area contributed by atoms with E-state index in [1.807, 2.05) is 6.07 Å². The molecular weight excluding hydrogens is 253 g/mol. The largest absolute Gasteiger partial charge is 0.457 e. The lowest BCUT2D eigenvalue weighted by Crippen LogP contribution is -1.89. The number of hydrogen-bond acceptors (Lipinski definition) is 2. The molecule has 2 aromatic rings. The average molecular weight is 262 g/mol. The van der Waals surface area contributed by atoms with Crippen LogP contribution in [0.2, 0.25) is 5.02 Å². The van der Waals surface area contributed by atoms with Gasteiger partial charge in [-0.15, -0.1) is 0 Å². The van der Waals surface area contributed by atoms with Gasteiger partial charge < -0.3 is 4.74 Å². The summed E-state index contributed by atoms with van der Waals surface area (Å²) in [6.07, 6.45) is 0. The van der Waals surface area contributed by atoms with Gasteiger partial charge in [-0.1, -0.05) is 11.6 Å². The summed E-state index contributed by atoms with van der Waals surface area (Å²) in [5.41, 5.74) is 1.08. The van der Waals surface area contributed by atoms with E-state index in [9.17, 15) is 4.39 Å². The predicted molar refractivity (Wildman–Crippen MR) is 67.4 cm³/mol. The van der Waals surface area contributed by atoms with Crippen LogP contribution in [0.5, 0.6) is 11.5 Å². The maximum absolute atomic E-state index is 12.9. The topological polar surface area (TPSA) is 33.0 Å². The predicted octanol–water partition coefficient (Wildman–Crippen LogP) is 4.45. The van der Waals surface area contributed by atoms with Crippen LogP contribution in [0.1, 0.15) is 11.1 Å². The molecule has 0 amide bonds. The normalized spacial score (nSPS) is 9.89. The molecule has 0 radical (unpaired) electrons. The minimum atomic E-state index is -0.308. The van der Waals surface area contributed by atoms with Crippen molar-refractivity contribution in [2.24, 2.45) is 0 Å². The number of nitriles is 1. The maximum atomic E-state index is 12.9. The molecule has 0 bridgehead atoms. The fourth-order valence-corrected chi connectivity index (χ4v) is 1.72. The van der Waals surface area contributed by atoms with Gasteiger partial charge in [0.2, 0.25) is 0 Å². The molecule has 0 fully saturated rings. The molecule has 2 nitrogen and oxygen atoms in total. The molecule has 0 aromatic heterocycles. The van der Waals surface area contributed by atoms with Crippen molar-refractivity contribution in [1.82, 2.24) is 0 Å². The fourth-order valence-electron chi connectivity index (χ4n) is 1.50. The summed E-state index contributed by atoms with van der Waals surface area (Å²) in [4.78, 5) is 0. The zero-order valence-corrected chi connectivity index (χ0v) is 10.3. The van der Waals surface area contributed by atoms with Crippen molar-refractivity contribution in [3.8, 4) is 17.6 Å². The van der Waals surface area contributed by atoms with Gasteiger partial charge in [0.15, 0.2) is 0 Å². The van der Waals surface area contributed by atoms with Crippen LogP contribution in [-0.4, -0.2) is 0 Å². The lowest BCUT2D eigenvalue weighted by Gasteiger charge is -2.09. The van der Waals surface area contributed by atoms with Crippen LogP contribution in [-0.2, 0) is 0 Å². The minimum Gasteiger partial charge on any atom is -0.457 e. The Labute approximate surface area is 109 Å². The molecule has 0 aliphatic carbocycles. The van der Waals surface area contributed by atoms with Gasteiger partial charge >= 0.3 is 0 Å². The Morgan fingerprint density at radius 2 is 2.00 bits per heavy atom. The minimum absolute atomic E-state index is 0.308. The van der Waals surface area contributed by atoms with E-state index in [1.165, 1.54) is 12.1 Å². The molecule has 0 atom stereocenters. The molecule has 0 N–H and O–H groups in total. The number of hydrogen-bond donors (Lipinski definition) is 0. The molecule has 0 saturated heterocycles. The Hall–Kier alpha value is -2.05. The second-order valence-corrected chi connectivity index (χ2v) is 4.17. The molecule has 90 valence electrons. The van der Waals surface area contributed by atoms with Crippen molar-refractivity contribution in [2.75, 3.05) is 0 Å². The Kier molecular flexibility index (Phi) is 3.50. The molecule has 2 rings (SSSR count). The second kappa shape index (κ2) is 5.07. The molecule has 0 unspecified atom stereocenters. The summed E-state index contributed by atoms with van der Waals surface area (Å²) >= 11 is 5.90. The number of nitrogens with zero attached hydrogens (tertiary/aromatic N) is 1. The van der Waals surface area contributed by atoms with E-state index in [0.29, 0.717) is 27.6 Å². The van der Waals surface area contributed by atoms with Crippen LogP contribution in [0.4, 0.5) is 4.39 Å². The van der Waals surface area contributed by atoms with E-state index in [2.05, 4.69) is 0 Å². The van der Waals surface area contributed by atoms with Crippen molar-refractivity contribution in [3.05, 3.63) is 58.4 Å². The zero-order chi connectivity index (χ0) is 13.1. The third-order valence-electron chi connectivity index (χ3n) is 2.43. The smallest absolute Gasteiger partial charge is 0.130 e. The van der Waals surface area contributed by atoms with Crippen molar-refractivity contribution in [3.63, 3.8) is 0 Å². The lowest BCUT2D eigenvalue weighted by molar-refractivity contribution is 0.476. The summed E-state index contributed by atoms with van der Waals surface area (Å²) in [6.45, 7) is 1.75. The molecule has 0 aliphatic heterocycles. The van der Waals surface area contributed by atoms with E-state index >= 15 is 0 Å². The highest BCUT2D eigenvalue weighted by Crippen LogP contribution is 2.28. The SMILES string of the molecule is Cc1cc(F)ccc1Oc1ccc(C#N)c(Cl)c1. The standard InChI is InChI=1S/C14H9ClFNO/c1-9-6-11(16)3-5-14(9)18-12-4-2-10(8-17)13(15)7-12/h2-7H,1H3. The van der Waals surface area contributed by atoms with Crippen LogP contribution in [0.3, 0.4) is 0 Å². The molecule has 18 heavy (non-hydrogen) atoms. The molecule has 0 spiro atoms. The van der Waals surface area contributed by atoms with E-state index in [-0.39, 0.29) is 5.82 Å². The van der Waals surface area contributed by atoms with Crippen LogP contribution in [0.15, 0.2) is 36.4 Å². The summed E-state index contributed by atoms with van der Waals surface area (Å²) < 4.78 is 18.5. The van der Waals surface area contributed by atoms with E-state index in [1.54, 1.807) is 31.2 Å². The van der Waals surface area contributed by atoms with Crippen molar-refractivity contribution in [2.45, 2.75) is 6.92 Å². The van der Waals surface area contributed by atoms with Crippen molar-refractivity contribution >= 4 is 11.6 Å². The Morgan fingerprint density at radius 1 is 1.22 bits per heavy atom. The number of ether oxygens (including phenoxy) is 1. The number of benzene rings is 2. The highest BCUT2D eigenvalue weighted by atomic mass is 35.5. The van der Waals surface area contributed by atoms with Gasteiger partial charge in [0.25, 0.3) is 0 Å². The number of rotatable bonds is 2. The quantitative estimate of drug-likeness (QED) is 0.800. The molecule has 4 heteroatoms. The third kappa shape index (κ3) is 2.61. The van der Waals surface area contributed by atoms with Gasteiger partial charge in [0.1, 0.15) is 23.4 Å². The third-order valence-corrected chi connectivity index (χ3v) is 2.74. The number of halogens is 2. The van der Waals surface area contributed by atoms with E-state index < -0.39 is 0 Å². The molecular formula is C14H9ClFNO. The summed E-state index contributed by atoms with van der Waals surface area (Å²) in [7, 11) is 0. The lowest BCUT2D eigenvalue weighted by atomic mass is 10.2. The maximum Gasteiger partial charge on any atom is 0.130 e. The summed E-state index contributed by atoms with van der Waals surface area (Å²) in [6, 6.07) is 11.0. The Balaban J connectivity index is 2.29. The highest BCUT2D eigenvalue weighted by molar-refractivity contribution is 6.31. The fraction of sp³-hybridized carbons (Fsp3) is 0.0714. The van der Waals surface area contributed by atoms with Gasteiger partial charge in [-0.2, -0.15) is 5.26 Å². The van der Waals surface area contributed by atoms with Crippen LogP contribution >= 0.6 is 11.6 Å². The van der Waals surface area contributed by atoms with Crippen molar-refractivity contribution in [1.29, 1.82) is 5.26 Å². The first-order valence-electron chi connectivity index (χ1n) is 5.24. The van der Waals surface area contributed by atoms with Gasteiger partial charge in [0, 0.05) is 6.07 Å². The van der Waals surface area contributed by atoms with Gasteiger partial charge in [0.05, 0.1) is 10.6 Å². The number of aryl methyl sites for hydroxylation is 1. The van der Waals surface area contributed by atoms with Crippen LogP contribution in [0, 0.1) is 24.1 Å². The first-order chi connectivity index (χ1) is 8.60. The monoisotopic (exact) mass is 261 g/mol. The summed E-state index contributed by atoms with van der Waals surface area (Å²) in [5.74, 6) is 0.753. The average Bonchev–Trinajstić information content (AvgIpc) is 2.33. The molecule has 2 aromatic carbocycles. The molecule has 0 saturated carbocycles. The Bertz CT molecular complexity index is 634. The van der Waals surface area contributed by atoms with Gasteiger partial charge in [-0.05, 0) is 42.8 Å². The van der Waals surface area contributed by atoms with Gasteiger partial charge in [-0.3, -0.25) is 0 Å². The second-order valence-electron chi connectivity index (χ2n) is 3.77. The zero-order valence-electron chi connectivity index (χ0n) is 9.58. The van der Waals surface area contributed by atoms with Crippen LogP contribution in [0.25, 0.3) is 0 Å². The molecule has 0 aliphatic rings. The summed E-state index contributed by atoms with van der Waals surface area (Å²) in [5, 5.41) is 9.09. The first-order valence-corrected chi connectivity index (χ1v) is 5.61.